The third-order valence-electron chi connectivity index (χ3n) is 5.17. The molecule has 0 saturated carbocycles. The fourth-order valence-corrected chi connectivity index (χ4v) is 3.38. The van der Waals surface area contributed by atoms with Crippen molar-refractivity contribution in [2.75, 3.05) is 5.32 Å². The van der Waals surface area contributed by atoms with Gasteiger partial charge >= 0.3 is 0 Å². The first-order valence-electron chi connectivity index (χ1n) is 10.3. The summed E-state index contributed by atoms with van der Waals surface area (Å²) in [6.45, 7) is 1.91. The van der Waals surface area contributed by atoms with Crippen LogP contribution in [0.4, 0.5) is 5.69 Å². The van der Waals surface area contributed by atoms with E-state index >= 15 is 0 Å². The Balaban J connectivity index is 1.52. The first kappa shape index (κ1) is 20.3. The number of hydrogen-bond acceptors (Lipinski definition) is 6. The molecule has 162 valence electrons. The van der Waals surface area contributed by atoms with Gasteiger partial charge in [-0.25, -0.2) is 4.98 Å². The van der Waals surface area contributed by atoms with Crippen molar-refractivity contribution in [3.63, 3.8) is 0 Å². The normalized spacial score (nSPS) is 10.8. The minimum atomic E-state index is -0.226. The summed E-state index contributed by atoms with van der Waals surface area (Å²) in [6.07, 6.45) is 5.05. The van der Waals surface area contributed by atoms with Gasteiger partial charge in [0.05, 0.1) is 6.20 Å². The van der Waals surface area contributed by atoms with Gasteiger partial charge in [-0.15, -0.1) is 0 Å². The summed E-state index contributed by atoms with van der Waals surface area (Å²) in [5.41, 5.74) is 3.46. The number of ether oxygens (including phenoxy) is 1. The molecule has 0 aliphatic heterocycles. The lowest BCUT2D eigenvalue weighted by Gasteiger charge is -2.12. The number of para-hydroxylation sites is 1. The fraction of sp³-hybridized carbons (Fsp3) is 0.0800. The smallest absolute Gasteiger partial charge is 0.255 e. The number of amides is 1. The monoisotopic (exact) mass is 436 g/mol. The van der Waals surface area contributed by atoms with Crippen LogP contribution in [0.3, 0.4) is 0 Å². The van der Waals surface area contributed by atoms with E-state index in [1.165, 1.54) is 0 Å². The number of aromatic nitrogens is 5. The van der Waals surface area contributed by atoms with Crippen molar-refractivity contribution in [1.82, 2.24) is 24.7 Å². The number of rotatable bonds is 5. The van der Waals surface area contributed by atoms with Crippen molar-refractivity contribution in [3.8, 4) is 23.0 Å². The average Bonchev–Trinajstić information content (AvgIpc) is 3.22. The van der Waals surface area contributed by atoms with Gasteiger partial charge < -0.3 is 10.1 Å². The molecule has 0 spiro atoms. The van der Waals surface area contributed by atoms with E-state index in [0.717, 1.165) is 16.8 Å². The second-order valence-corrected chi connectivity index (χ2v) is 7.50. The molecular formula is C25H20N6O2. The van der Waals surface area contributed by atoms with E-state index in [4.69, 9.17) is 4.74 Å². The highest BCUT2D eigenvalue weighted by Gasteiger charge is 2.17. The summed E-state index contributed by atoms with van der Waals surface area (Å²) in [6, 6.07) is 18.3. The van der Waals surface area contributed by atoms with Crippen LogP contribution in [0, 0.1) is 6.92 Å². The molecule has 0 bridgehead atoms. The molecule has 1 N–H and O–H groups in total. The second kappa shape index (κ2) is 8.51. The van der Waals surface area contributed by atoms with Gasteiger partial charge in [0.25, 0.3) is 5.91 Å². The third kappa shape index (κ3) is 4.14. The Morgan fingerprint density at radius 1 is 1.00 bits per heavy atom. The van der Waals surface area contributed by atoms with Crippen molar-refractivity contribution < 1.29 is 9.53 Å². The molecule has 8 nitrogen and oxygen atoms in total. The van der Waals surface area contributed by atoms with Gasteiger partial charge in [0.2, 0.25) is 5.88 Å². The van der Waals surface area contributed by atoms with Gasteiger partial charge in [-0.1, -0.05) is 24.3 Å². The summed E-state index contributed by atoms with van der Waals surface area (Å²) in [5.74, 6) is 1.13. The van der Waals surface area contributed by atoms with Crippen LogP contribution in [-0.2, 0) is 7.05 Å². The van der Waals surface area contributed by atoms with E-state index in [1.807, 2.05) is 62.5 Å². The van der Waals surface area contributed by atoms with Crippen LogP contribution in [0.1, 0.15) is 15.9 Å². The molecule has 8 heteroatoms. The largest absolute Gasteiger partial charge is 0.438 e. The number of anilines is 1. The van der Waals surface area contributed by atoms with Crippen molar-refractivity contribution >= 4 is 22.6 Å². The Hall–Kier alpha value is -4.59. The lowest BCUT2D eigenvalue weighted by Crippen LogP contribution is -2.12. The van der Waals surface area contributed by atoms with Crippen LogP contribution in [0.25, 0.3) is 22.4 Å². The molecule has 0 radical (unpaired) electrons. The topological polar surface area (TPSA) is 94.8 Å². The highest BCUT2D eigenvalue weighted by Crippen LogP contribution is 2.32. The molecule has 2 aromatic carbocycles. The van der Waals surface area contributed by atoms with Gasteiger partial charge in [0.1, 0.15) is 11.1 Å². The quantitative estimate of drug-likeness (QED) is 0.426. The van der Waals surface area contributed by atoms with Gasteiger partial charge in [0.15, 0.2) is 11.5 Å². The van der Waals surface area contributed by atoms with Gasteiger partial charge in [0, 0.05) is 36.3 Å². The van der Waals surface area contributed by atoms with E-state index in [9.17, 15) is 4.79 Å². The lowest BCUT2D eigenvalue weighted by molar-refractivity contribution is 0.102. The average molecular weight is 436 g/mol. The Labute approximate surface area is 189 Å². The van der Waals surface area contributed by atoms with Crippen molar-refractivity contribution in [2.45, 2.75) is 6.92 Å². The summed E-state index contributed by atoms with van der Waals surface area (Å²) >= 11 is 0. The minimum absolute atomic E-state index is 0.226. The Morgan fingerprint density at radius 3 is 2.64 bits per heavy atom. The van der Waals surface area contributed by atoms with Crippen LogP contribution in [0.15, 0.2) is 79.3 Å². The van der Waals surface area contributed by atoms with Crippen molar-refractivity contribution in [2.24, 2.45) is 7.05 Å². The van der Waals surface area contributed by atoms with Crippen LogP contribution < -0.4 is 10.1 Å². The maximum Gasteiger partial charge on any atom is 0.255 e. The van der Waals surface area contributed by atoms with Crippen LogP contribution in [0.5, 0.6) is 11.6 Å². The Bertz CT molecular complexity index is 1450. The number of nitrogens with zero attached hydrogens (tertiary/aromatic N) is 5. The first-order valence-corrected chi connectivity index (χ1v) is 10.3. The SMILES string of the molecule is Cc1ccc(C(=O)Nc2ccccc2)cc1Oc1nc(-c2cccnc2)nc2c1cnn2C. The molecule has 0 atom stereocenters. The molecular weight excluding hydrogens is 416 g/mol. The third-order valence-corrected chi connectivity index (χ3v) is 5.17. The predicted molar refractivity (Wildman–Crippen MR) is 125 cm³/mol. The molecule has 0 fully saturated rings. The van der Waals surface area contributed by atoms with Crippen LogP contribution in [0.2, 0.25) is 0 Å². The number of nitrogens with one attached hydrogen (secondary N) is 1. The molecule has 0 aliphatic carbocycles. The van der Waals surface area contributed by atoms with E-state index in [0.29, 0.717) is 34.1 Å². The maximum absolute atomic E-state index is 12.8. The molecule has 0 saturated heterocycles. The zero-order valence-corrected chi connectivity index (χ0v) is 18.1. The Kier molecular flexibility index (Phi) is 5.24. The highest BCUT2D eigenvalue weighted by molar-refractivity contribution is 6.04. The number of aryl methyl sites for hydroxylation is 2. The number of fused-ring (bicyclic) bond motifs is 1. The molecule has 5 aromatic rings. The minimum Gasteiger partial charge on any atom is -0.438 e. The van der Waals surface area contributed by atoms with E-state index < -0.39 is 0 Å². The molecule has 3 aromatic heterocycles. The number of carbonyl (C=O) groups is 1. The summed E-state index contributed by atoms with van der Waals surface area (Å²) in [4.78, 5) is 26.2. The van der Waals surface area contributed by atoms with E-state index in [1.54, 1.807) is 35.4 Å². The van der Waals surface area contributed by atoms with Crippen molar-refractivity contribution in [1.29, 1.82) is 0 Å². The fourth-order valence-electron chi connectivity index (χ4n) is 3.38. The summed E-state index contributed by atoms with van der Waals surface area (Å²) in [5, 5.41) is 7.86. The zero-order valence-electron chi connectivity index (χ0n) is 18.1. The van der Waals surface area contributed by atoms with Crippen molar-refractivity contribution in [3.05, 3.63) is 90.4 Å². The number of hydrogen-bond donors (Lipinski definition) is 1. The summed E-state index contributed by atoms with van der Waals surface area (Å²) < 4.78 is 7.90. The molecule has 1 amide bonds. The van der Waals surface area contributed by atoms with Gasteiger partial charge in [-0.2, -0.15) is 10.1 Å². The predicted octanol–water partition coefficient (Wildman–Crippen LogP) is 4.78. The van der Waals surface area contributed by atoms with Gasteiger partial charge in [-0.05, 0) is 48.9 Å². The zero-order chi connectivity index (χ0) is 22.8. The second-order valence-electron chi connectivity index (χ2n) is 7.50. The standard InChI is InChI=1S/C25H20N6O2/c1-16-10-11-17(24(32)28-19-8-4-3-5-9-19)13-21(16)33-25-20-15-27-31(2)23(20)29-22(30-25)18-7-6-12-26-14-18/h3-15H,1-2H3,(H,28,32). The number of carbonyl (C=O) groups excluding carboxylic acids is 1. The van der Waals surface area contributed by atoms with Crippen LogP contribution >= 0.6 is 0 Å². The van der Waals surface area contributed by atoms with E-state index in [-0.39, 0.29) is 5.91 Å². The van der Waals surface area contributed by atoms with Gasteiger partial charge in [-0.3, -0.25) is 14.5 Å². The first-order chi connectivity index (χ1) is 16.1. The molecule has 3 heterocycles. The van der Waals surface area contributed by atoms with E-state index in [2.05, 4.69) is 25.4 Å². The molecule has 0 aliphatic rings. The van der Waals surface area contributed by atoms with Crippen LogP contribution in [-0.4, -0.2) is 30.6 Å². The maximum atomic E-state index is 12.8. The number of benzene rings is 2. The Morgan fingerprint density at radius 2 is 1.85 bits per heavy atom. The molecule has 0 unspecified atom stereocenters. The highest BCUT2D eigenvalue weighted by atomic mass is 16.5. The molecule has 33 heavy (non-hydrogen) atoms. The molecule has 5 rings (SSSR count). The lowest BCUT2D eigenvalue weighted by atomic mass is 10.1. The number of pyridine rings is 1. The summed E-state index contributed by atoms with van der Waals surface area (Å²) in [7, 11) is 1.81.